The molecule has 0 radical (unpaired) electrons. The lowest BCUT2D eigenvalue weighted by Gasteiger charge is -2.14. The highest BCUT2D eigenvalue weighted by Gasteiger charge is 2.13. The summed E-state index contributed by atoms with van der Waals surface area (Å²) in [6.45, 7) is 3.66. The minimum Gasteiger partial charge on any atom is -0.389 e. The number of anilines is 2. The number of hydrogen-bond acceptors (Lipinski definition) is 3. The minimum absolute atomic E-state index is 0.215. The molecule has 6 heteroatoms. The van der Waals surface area contributed by atoms with E-state index in [-0.39, 0.29) is 4.99 Å². The first-order valence-electron chi connectivity index (χ1n) is 5.88. The van der Waals surface area contributed by atoms with Crippen molar-refractivity contribution in [1.82, 2.24) is 4.98 Å². The molecule has 0 aliphatic carbocycles. The van der Waals surface area contributed by atoms with Crippen molar-refractivity contribution in [2.45, 2.75) is 13.8 Å². The number of nitrogens with two attached hydrogens (primary N) is 1. The summed E-state index contributed by atoms with van der Waals surface area (Å²) < 4.78 is 13.8. The van der Waals surface area contributed by atoms with E-state index in [2.05, 4.69) is 10.3 Å². The summed E-state index contributed by atoms with van der Waals surface area (Å²) in [6.07, 6.45) is 0. The Balaban J connectivity index is 2.50. The SMILES string of the molecule is Cc1cc(Nc2ccc(Cl)cc2F)c(C(N)=S)c(C)n1. The van der Waals surface area contributed by atoms with Gasteiger partial charge in [0.2, 0.25) is 0 Å². The zero-order chi connectivity index (χ0) is 14.9. The summed E-state index contributed by atoms with van der Waals surface area (Å²) in [7, 11) is 0. The number of nitrogens with zero attached hydrogens (tertiary/aromatic N) is 1. The molecule has 3 nitrogen and oxygen atoms in total. The standard InChI is InChI=1S/C14H13ClFN3S/c1-7-5-12(13(14(17)20)8(2)18-7)19-11-4-3-9(15)6-10(11)16/h3-6H,1-2H3,(H2,17,20)(H,18,19). The Hall–Kier alpha value is -1.72. The molecule has 1 heterocycles. The highest BCUT2D eigenvalue weighted by atomic mass is 35.5. The fourth-order valence-corrected chi connectivity index (χ4v) is 2.39. The largest absolute Gasteiger partial charge is 0.389 e. The topological polar surface area (TPSA) is 50.9 Å². The molecule has 1 aromatic carbocycles. The second-order valence-electron chi connectivity index (χ2n) is 4.39. The normalized spacial score (nSPS) is 10.4. The minimum atomic E-state index is -0.446. The van der Waals surface area contributed by atoms with Gasteiger partial charge in [-0.05, 0) is 38.1 Å². The van der Waals surface area contributed by atoms with Crippen LogP contribution in [0.1, 0.15) is 17.0 Å². The van der Waals surface area contributed by atoms with Gasteiger partial charge in [-0.2, -0.15) is 0 Å². The van der Waals surface area contributed by atoms with Gasteiger partial charge < -0.3 is 11.1 Å². The summed E-state index contributed by atoms with van der Waals surface area (Å²) >= 11 is 10.8. The number of pyridine rings is 1. The molecule has 0 aliphatic rings. The van der Waals surface area contributed by atoms with Crippen LogP contribution < -0.4 is 11.1 Å². The third-order valence-corrected chi connectivity index (χ3v) is 3.21. The van der Waals surface area contributed by atoms with E-state index in [4.69, 9.17) is 29.6 Å². The number of thiocarbonyl (C=S) groups is 1. The van der Waals surface area contributed by atoms with Crippen molar-refractivity contribution in [3.05, 3.63) is 52.1 Å². The van der Waals surface area contributed by atoms with E-state index in [0.29, 0.717) is 27.7 Å². The number of rotatable bonds is 3. The monoisotopic (exact) mass is 309 g/mol. The van der Waals surface area contributed by atoms with Crippen molar-refractivity contribution in [3.63, 3.8) is 0 Å². The molecule has 0 saturated heterocycles. The van der Waals surface area contributed by atoms with E-state index < -0.39 is 5.82 Å². The predicted octanol–water partition coefficient (Wildman–Crippen LogP) is 3.87. The van der Waals surface area contributed by atoms with E-state index in [9.17, 15) is 4.39 Å². The molecule has 2 aromatic rings. The number of benzene rings is 1. The Morgan fingerprint density at radius 1 is 1.30 bits per heavy atom. The van der Waals surface area contributed by atoms with Crippen LogP contribution in [-0.2, 0) is 0 Å². The summed E-state index contributed by atoms with van der Waals surface area (Å²) in [4.78, 5) is 4.53. The van der Waals surface area contributed by atoms with Crippen LogP contribution in [0.15, 0.2) is 24.3 Å². The van der Waals surface area contributed by atoms with Crippen LogP contribution in [0.4, 0.5) is 15.8 Å². The maximum atomic E-state index is 13.8. The molecule has 2 rings (SSSR count). The van der Waals surface area contributed by atoms with Crippen molar-refractivity contribution in [2.24, 2.45) is 5.73 Å². The molecule has 0 aliphatic heterocycles. The Kier molecular flexibility index (Phi) is 4.20. The van der Waals surface area contributed by atoms with Crippen LogP contribution in [0.5, 0.6) is 0 Å². The fraction of sp³-hybridized carbons (Fsp3) is 0.143. The highest BCUT2D eigenvalue weighted by Crippen LogP contribution is 2.27. The van der Waals surface area contributed by atoms with E-state index in [1.807, 2.05) is 13.8 Å². The molecule has 104 valence electrons. The maximum Gasteiger partial charge on any atom is 0.148 e. The Morgan fingerprint density at radius 3 is 2.60 bits per heavy atom. The molecular weight excluding hydrogens is 297 g/mol. The molecule has 0 saturated carbocycles. The molecule has 3 N–H and O–H groups in total. The van der Waals surface area contributed by atoms with Gasteiger partial charge in [0.15, 0.2) is 0 Å². The van der Waals surface area contributed by atoms with Crippen LogP contribution in [0.25, 0.3) is 0 Å². The zero-order valence-electron chi connectivity index (χ0n) is 11.0. The van der Waals surface area contributed by atoms with E-state index in [1.165, 1.54) is 6.07 Å². The van der Waals surface area contributed by atoms with Crippen LogP contribution in [0.3, 0.4) is 0 Å². The number of aromatic nitrogens is 1. The first kappa shape index (κ1) is 14.7. The molecule has 0 fully saturated rings. The fourth-order valence-electron chi connectivity index (χ4n) is 1.97. The van der Waals surface area contributed by atoms with Crippen molar-refractivity contribution in [3.8, 4) is 0 Å². The third kappa shape index (κ3) is 3.05. The van der Waals surface area contributed by atoms with Crippen LogP contribution in [-0.4, -0.2) is 9.97 Å². The summed E-state index contributed by atoms with van der Waals surface area (Å²) in [5.74, 6) is -0.446. The first-order valence-corrected chi connectivity index (χ1v) is 6.67. The van der Waals surface area contributed by atoms with Gasteiger partial charge >= 0.3 is 0 Å². The molecule has 0 bridgehead atoms. The average Bonchev–Trinajstić information content (AvgIpc) is 2.31. The second-order valence-corrected chi connectivity index (χ2v) is 5.26. The lowest BCUT2D eigenvalue weighted by atomic mass is 10.1. The molecular formula is C14H13ClFN3S. The summed E-state index contributed by atoms with van der Waals surface area (Å²) in [6, 6.07) is 6.18. The number of aryl methyl sites for hydroxylation is 2. The van der Waals surface area contributed by atoms with Gasteiger partial charge in [0.05, 0.1) is 16.9 Å². The van der Waals surface area contributed by atoms with Crippen LogP contribution >= 0.6 is 23.8 Å². The van der Waals surface area contributed by atoms with E-state index >= 15 is 0 Å². The zero-order valence-corrected chi connectivity index (χ0v) is 12.6. The van der Waals surface area contributed by atoms with Gasteiger partial charge in [-0.15, -0.1) is 0 Å². The smallest absolute Gasteiger partial charge is 0.148 e. The van der Waals surface area contributed by atoms with Gasteiger partial charge in [0.1, 0.15) is 10.8 Å². The lowest BCUT2D eigenvalue weighted by molar-refractivity contribution is 0.632. The second kappa shape index (κ2) is 5.73. The van der Waals surface area contributed by atoms with Crippen molar-refractivity contribution in [1.29, 1.82) is 0 Å². The van der Waals surface area contributed by atoms with E-state index in [1.54, 1.807) is 18.2 Å². The number of hydrogen-bond donors (Lipinski definition) is 2. The lowest BCUT2D eigenvalue weighted by Crippen LogP contribution is -2.15. The maximum absolute atomic E-state index is 13.8. The Labute approximate surface area is 127 Å². The average molecular weight is 310 g/mol. The molecule has 0 spiro atoms. The van der Waals surface area contributed by atoms with Crippen molar-refractivity contribution < 1.29 is 4.39 Å². The van der Waals surface area contributed by atoms with Gasteiger partial charge in [0, 0.05) is 16.4 Å². The van der Waals surface area contributed by atoms with Crippen LogP contribution in [0.2, 0.25) is 5.02 Å². The van der Waals surface area contributed by atoms with Gasteiger partial charge in [-0.1, -0.05) is 23.8 Å². The van der Waals surface area contributed by atoms with Gasteiger partial charge in [-0.3, -0.25) is 4.98 Å². The summed E-state index contributed by atoms with van der Waals surface area (Å²) in [5, 5.41) is 3.33. The predicted molar refractivity (Wildman–Crippen MR) is 84.3 cm³/mol. The quantitative estimate of drug-likeness (QED) is 0.845. The molecule has 20 heavy (non-hydrogen) atoms. The van der Waals surface area contributed by atoms with Crippen molar-refractivity contribution in [2.75, 3.05) is 5.32 Å². The summed E-state index contributed by atoms with van der Waals surface area (Å²) in [5.41, 5.74) is 8.75. The first-order chi connectivity index (χ1) is 9.38. The number of nitrogens with one attached hydrogen (secondary N) is 1. The number of halogens is 2. The van der Waals surface area contributed by atoms with Crippen LogP contribution in [0, 0.1) is 19.7 Å². The Morgan fingerprint density at radius 2 is 2.00 bits per heavy atom. The third-order valence-electron chi connectivity index (χ3n) is 2.78. The molecule has 0 atom stereocenters. The molecule has 0 amide bonds. The van der Waals surface area contributed by atoms with Gasteiger partial charge in [0.25, 0.3) is 0 Å². The molecule has 1 aromatic heterocycles. The van der Waals surface area contributed by atoms with E-state index in [0.717, 1.165) is 5.69 Å². The van der Waals surface area contributed by atoms with Crippen molar-refractivity contribution >= 4 is 40.2 Å². The highest BCUT2D eigenvalue weighted by molar-refractivity contribution is 7.80. The Bertz CT molecular complexity index is 688. The molecule has 0 unspecified atom stereocenters. The van der Waals surface area contributed by atoms with Gasteiger partial charge in [-0.25, -0.2) is 4.39 Å².